The number of hydrogen-bond donors (Lipinski definition) is 1. The molecule has 1 N–H and O–H groups in total. The molecule has 0 radical (unpaired) electrons. The second kappa shape index (κ2) is 5.62. The Labute approximate surface area is 137 Å². The van der Waals surface area contributed by atoms with Crippen molar-refractivity contribution in [3.05, 3.63) is 83.4 Å². The largest absolute Gasteiger partial charge is 0.503 e. The topological polar surface area (TPSA) is 68.0 Å². The third-order valence-corrected chi connectivity index (χ3v) is 3.82. The lowest BCUT2D eigenvalue weighted by Crippen LogP contribution is -2.05. The Morgan fingerprint density at radius 1 is 0.958 bits per heavy atom. The fourth-order valence-corrected chi connectivity index (χ4v) is 2.66. The van der Waals surface area contributed by atoms with Crippen LogP contribution in [0.25, 0.3) is 28.0 Å². The van der Waals surface area contributed by atoms with E-state index in [-0.39, 0.29) is 5.75 Å². The molecule has 0 bridgehead atoms. The first-order chi connectivity index (χ1) is 11.7. The van der Waals surface area contributed by atoms with E-state index in [0.717, 1.165) is 22.2 Å². The van der Waals surface area contributed by atoms with Gasteiger partial charge in [0.15, 0.2) is 5.75 Å². The maximum Gasteiger partial charge on any atom is 0.223 e. The van der Waals surface area contributed by atoms with Gasteiger partial charge in [-0.2, -0.15) is 0 Å². The molecule has 4 aromatic rings. The van der Waals surface area contributed by atoms with Gasteiger partial charge in [0, 0.05) is 29.4 Å². The van der Waals surface area contributed by atoms with E-state index < -0.39 is 5.43 Å². The third kappa shape index (κ3) is 2.42. The van der Waals surface area contributed by atoms with Crippen LogP contribution in [-0.2, 0) is 0 Å². The normalized spacial score (nSPS) is 10.8. The van der Waals surface area contributed by atoms with Crippen LogP contribution in [0.1, 0.15) is 0 Å². The smallest absolute Gasteiger partial charge is 0.223 e. The Morgan fingerprint density at radius 2 is 1.83 bits per heavy atom. The fraction of sp³-hybridized carbons (Fsp3) is 0. The lowest BCUT2D eigenvalue weighted by molar-refractivity contribution is 0.465. The lowest BCUT2D eigenvalue weighted by Gasteiger charge is -2.09. The predicted octanol–water partition coefficient (Wildman–Crippen LogP) is 3.15. The Kier molecular flexibility index (Phi) is 3.31. The van der Waals surface area contributed by atoms with Crippen molar-refractivity contribution < 1.29 is 5.11 Å². The van der Waals surface area contributed by atoms with Crippen molar-refractivity contribution in [3.63, 3.8) is 0 Å². The highest BCUT2D eigenvalue weighted by Crippen LogP contribution is 2.26. The van der Waals surface area contributed by atoms with Gasteiger partial charge in [-0.15, -0.1) is 0 Å². The minimum absolute atomic E-state index is 0.306. The molecule has 3 heterocycles. The molecular weight excluding hydrogens is 302 g/mol. The summed E-state index contributed by atoms with van der Waals surface area (Å²) in [7, 11) is 0. The highest BCUT2D eigenvalue weighted by Gasteiger charge is 2.07. The Bertz CT molecular complexity index is 1100. The van der Waals surface area contributed by atoms with E-state index in [1.807, 2.05) is 48.5 Å². The number of rotatable bonds is 2. The van der Waals surface area contributed by atoms with Gasteiger partial charge in [-0.1, -0.05) is 24.3 Å². The van der Waals surface area contributed by atoms with Crippen molar-refractivity contribution in [1.82, 2.24) is 14.5 Å². The molecule has 3 aromatic heterocycles. The number of aromatic nitrogens is 3. The van der Waals surface area contributed by atoms with Crippen LogP contribution in [0, 0.1) is 0 Å². The lowest BCUT2D eigenvalue weighted by atomic mass is 10.1. The number of aromatic hydroxyl groups is 1. The van der Waals surface area contributed by atoms with Crippen molar-refractivity contribution in [3.8, 4) is 22.8 Å². The minimum atomic E-state index is -0.414. The van der Waals surface area contributed by atoms with Gasteiger partial charge in [0.2, 0.25) is 5.43 Å². The maximum atomic E-state index is 11.3. The summed E-state index contributed by atoms with van der Waals surface area (Å²) in [5.74, 6) is 0.308. The zero-order chi connectivity index (χ0) is 16.5. The number of benzene rings is 1. The first-order valence-electron chi connectivity index (χ1n) is 7.45. The molecule has 0 amide bonds. The standard InChI is InChI=1S/C19H13N3O2/c23-17-9-11-22(12-18(17)24)19-8-2-7-16(21-19)14-4-1-6-15-13(14)5-3-10-20-15/h1-12,24H. The Balaban J connectivity index is 1.88. The molecule has 0 aliphatic carbocycles. The van der Waals surface area contributed by atoms with E-state index in [9.17, 15) is 9.90 Å². The highest BCUT2D eigenvalue weighted by molar-refractivity contribution is 5.93. The van der Waals surface area contributed by atoms with Crippen LogP contribution < -0.4 is 5.43 Å². The van der Waals surface area contributed by atoms with E-state index in [0.29, 0.717) is 5.82 Å². The van der Waals surface area contributed by atoms with Gasteiger partial charge in [0.05, 0.1) is 17.4 Å². The summed E-state index contributed by atoms with van der Waals surface area (Å²) in [6.07, 6.45) is 4.71. The van der Waals surface area contributed by atoms with Gasteiger partial charge in [0.25, 0.3) is 0 Å². The van der Waals surface area contributed by atoms with Crippen LogP contribution in [0.5, 0.6) is 5.75 Å². The zero-order valence-electron chi connectivity index (χ0n) is 12.6. The summed E-state index contributed by atoms with van der Waals surface area (Å²) in [6, 6.07) is 16.8. The summed E-state index contributed by atoms with van der Waals surface area (Å²) < 4.78 is 1.61. The molecule has 0 aliphatic heterocycles. The van der Waals surface area contributed by atoms with Crippen LogP contribution in [0.3, 0.4) is 0 Å². The van der Waals surface area contributed by atoms with Crippen molar-refractivity contribution in [2.24, 2.45) is 0 Å². The number of hydrogen-bond acceptors (Lipinski definition) is 4. The van der Waals surface area contributed by atoms with Crippen molar-refractivity contribution >= 4 is 10.9 Å². The second-order valence-electron chi connectivity index (χ2n) is 5.36. The number of fused-ring (bicyclic) bond motifs is 1. The summed E-state index contributed by atoms with van der Waals surface area (Å²) in [5, 5.41) is 10.6. The predicted molar refractivity (Wildman–Crippen MR) is 92.2 cm³/mol. The molecule has 0 spiro atoms. The second-order valence-corrected chi connectivity index (χ2v) is 5.36. The molecule has 0 fully saturated rings. The summed E-state index contributed by atoms with van der Waals surface area (Å²) >= 11 is 0. The van der Waals surface area contributed by atoms with Crippen molar-refractivity contribution in [2.45, 2.75) is 0 Å². The summed E-state index contributed by atoms with van der Waals surface area (Å²) in [4.78, 5) is 20.4. The van der Waals surface area contributed by atoms with Gasteiger partial charge in [-0.3, -0.25) is 9.78 Å². The van der Waals surface area contributed by atoms with Crippen molar-refractivity contribution in [2.75, 3.05) is 0 Å². The first kappa shape index (κ1) is 14.1. The molecule has 24 heavy (non-hydrogen) atoms. The van der Waals surface area contributed by atoms with E-state index in [1.165, 1.54) is 12.3 Å². The van der Waals surface area contributed by atoms with E-state index >= 15 is 0 Å². The molecule has 1 aromatic carbocycles. The van der Waals surface area contributed by atoms with Crippen LogP contribution in [0.4, 0.5) is 0 Å². The summed E-state index contributed by atoms with van der Waals surface area (Å²) in [5.41, 5.74) is 2.27. The molecule has 5 heteroatoms. The first-order valence-corrected chi connectivity index (χ1v) is 7.45. The van der Waals surface area contributed by atoms with Gasteiger partial charge in [-0.25, -0.2) is 4.98 Å². The fourth-order valence-electron chi connectivity index (χ4n) is 2.66. The molecule has 4 rings (SSSR count). The molecule has 0 unspecified atom stereocenters. The average Bonchev–Trinajstić information content (AvgIpc) is 2.63. The molecule has 5 nitrogen and oxygen atoms in total. The molecule has 0 aliphatic rings. The van der Waals surface area contributed by atoms with Crippen LogP contribution >= 0.6 is 0 Å². The van der Waals surface area contributed by atoms with E-state index in [4.69, 9.17) is 0 Å². The van der Waals surface area contributed by atoms with Crippen LogP contribution in [0.2, 0.25) is 0 Å². The number of pyridine rings is 3. The van der Waals surface area contributed by atoms with Gasteiger partial charge >= 0.3 is 0 Å². The summed E-state index contributed by atoms with van der Waals surface area (Å²) in [6.45, 7) is 0. The van der Waals surface area contributed by atoms with Crippen LogP contribution in [0.15, 0.2) is 78.0 Å². The minimum Gasteiger partial charge on any atom is -0.503 e. The molecule has 0 atom stereocenters. The molecule has 116 valence electrons. The SMILES string of the molecule is O=c1ccn(-c2cccc(-c3cccc4ncccc34)n2)cc1O. The van der Waals surface area contributed by atoms with Gasteiger partial charge in [-0.05, 0) is 24.3 Å². The Hall–Kier alpha value is -3.47. The van der Waals surface area contributed by atoms with E-state index in [1.54, 1.807) is 17.0 Å². The monoisotopic (exact) mass is 315 g/mol. The molecule has 0 saturated heterocycles. The van der Waals surface area contributed by atoms with Gasteiger partial charge in [0.1, 0.15) is 5.82 Å². The van der Waals surface area contributed by atoms with Crippen molar-refractivity contribution in [1.29, 1.82) is 0 Å². The molecular formula is C19H13N3O2. The Morgan fingerprint density at radius 3 is 2.71 bits per heavy atom. The molecule has 0 saturated carbocycles. The number of nitrogens with zero attached hydrogens (tertiary/aromatic N) is 3. The van der Waals surface area contributed by atoms with Crippen LogP contribution in [-0.4, -0.2) is 19.6 Å². The van der Waals surface area contributed by atoms with Gasteiger partial charge < -0.3 is 9.67 Å². The highest BCUT2D eigenvalue weighted by atomic mass is 16.3. The third-order valence-electron chi connectivity index (χ3n) is 3.82. The average molecular weight is 315 g/mol. The van der Waals surface area contributed by atoms with E-state index in [2.05, 4.69) is 9.97 Å². The quantitative estimate of drug-likeness (QED) is 0.617. The zero-order valence-corrected chi connectivity index (χ0v) is 12.6. The maximum absolute atomic E-state index is 11.3.